The van der Waals surface area contributed by atoms with Crippen LogP contribution in [0.3, 0.4) is 0 Å². The summed E-state index contributed by atoms with van der Waals surface area (Å²) in [5.41, 5.74) is 1.70. The number of aromatic carboxylic acids is 1. The molecule has 20 heavy (non-hydrogen) atoms. The van der Waals surface area contributed by atoms with E-state index in [1.165, 1.54) is 6.07 Å². The SMILES string of the molecule is CCc1nnc(Oc2ccccc2C(=O)O)nc1CC. The van der Waals surface area contributed by atoms with E-state index >= 15 is 0 Å². The number of nitrogens with zero attached hydrogens (tertiary/aromatic N) is 3. The average molecular weight is 273 g/mol. The molecule has 2 rings (SSSR count). The van der Waals surface area contributed by atoms with Gasteiger partial charge in [0.1, 0.15) is 11.3 Å². The fourth-order valence-corrected chi connectivity index (χ4v) is 1.79. The van der Waals surface area contributed by atoms with E-state index in [-0.39, 0.29) is 17.3 Å². The Morgan fingerprint density at radius 2 is 1.85 bits per heavy atom. The third-order valence-electron chi connectivity index (χ3n) is 2.81. The smallest absolute Gasteiger partial charge is 0.341 e. The molecule has 2 aromatic rings. The molecule has 0 spiro atoms. The number of hydrogen-bond acceptors (Lipinski definition) is 5. The highest BCUT2D eigenvalue weighted by Gasteiger charge is 2.13. The summed E-state index contributed by atoms with van der Waals surface area (Å²) in [6.07, 6.45) is 1.46. The molecule has 1 N–H and O–H groups in total. The Hall–Kier alpha value is -2.50. The highest BCUT2D eigenvalue weighted by Crippen LogP contribution is 2.23. The van der Waals surface area contributed by atoms with Crippen LogP contribution in [0.1, 0.15) is 35.6 Å². The third-order valence-corrected chi connectivity index (χ3v) is 2.81. The molecule has 0 aliphatic heterocycles. The van der Waals surface area contributed by atoms with Crippen LogP contribution in [0, 0.1) is 0 Å². The van der Waals surface area contributed by atoms with Crippen LogP contribution < -0.4 is 4.74 Å². The molecule has 0 aliphatic rings. The van der Waals surface area contributed by atoms with Gasteiger partial charge < -0.3 is 9.84 Å². The van der Waals surface area contributed by atoms with E-state index in [0.717, 1.165) is 24.2 Å². The summed E-state index contributed by atoms with van der Waals surface area (Å²) in [6.45, 7) is 3.95. The van der Waals surface area contributed by atoms with Crippen molar-refractivity contribution in [1.29, 1.82) is 0 Å². The molecular formula is C14H15N3O3. The molecule has 0 bridgehead atoms. The van der Waals surface area contributed by atoms with Gasteiger partial charge in [0.25, 0.3) is 0 Å². The van der Waals surface area contributed by atoms with E-state index in [4.69, 9.17) is 9.84 Å². The van der Waals surface area contributed by atoms with Gasteiger partial charge in [0.05, 0.1) is 11.4 Å². The van der Waals surface area contributed by atoms with Crippen LogP contribution in [0.5, 0.6) is 11.8 Å². The van der Waals surface area contributed by atoms with E-state index in [9.17, 15) is 4.79 Å². The van der Waals surface area contributed by atoms with Crippen LogP contribution in [-0.4, -0.2) is 26.3 Å². The van der Waals surface area contributed by atoms with Crippen molar-refractivity contribution >= 4 is 5.97 Å². The van der Waals surface area contributed by atoms with Gasteiger partial charge in [-0.15, -0.1) is 5.10 Å². The molecule has 0 atom stereocenters. The molecule has 0 saturated heterocycles. The summed E-state index contributed by atoms with van der Waals surface area (Å²) in [4.78, 5) is 15.4. The predicted molar refractivity (Wildman–Crippen MR) is 72.1 cm³/mol. The number of hydrogen-bond donors (Lipinski definition) is 1. The number of benzene rings is 1. The van der Waals surface area contributed by atoms with Crippen molar-refractivity contribution < 1.29 is 14.6 Å². The zero-order valence-electron chi connectivity index (χ0n) is 11.3. The topological polar surface area (TPSA) is 85.2 Å². The van der Waals surface area contributed by atoms with Crippen molar-refractivity contribution in [3.63, 3.8) is 0 Å². The Balaban J connectivity index is 2.33. The van der Waals surface area contributed by atoms with Crippen molar-refractivity contribution in [3.05, 3.63) is 41.2 Å². The molecule has 1 aromatic heterocycles. The molecule has 0 radical (unpaired) electrons. The van der Waals surface area contributed by atoms with Gasteiger partial charge in [0.2, 0.25) is 0 Å². The Labute approximate surface area is 116 Å². The lowest BCUT2D eigenvalue weighted by Crippen LogP contribution is -2.06. The van der Waals surface area contributed by atoms with Crippen molar-refractivity contribution in [1.82, 2.24) is 15.2 Å². The highest BCUT2D eigenvalue weighted by atomic mass is 16.5. The molecule has 104 valence electrons. The minimum atomic E-state index is -1.06. The quantitative estimate of drug-likeness (QED) is 0.900. The summed E-state index contributed by atoms with van der Waals surface area (Å²) >= 11 is 0. The normalized spacial score (nSPS) is 10.3. The van der Waals surface area contributed by atoms with E-state index < -0.39 is 5.97 Å². The van der Waals surface area contributed by atoms with Crippen molar-refractivity contribution in [2.24, 2.45) is 0 Å². The standard InChI is InChI=1S/C14H15N3O3/c1-3-10-11(4-2)16-17-14(15-10)20-12-8-6-5-7-9(12)13(18)19/h5-8H,3-4H2,1-2H3,(H,18,19). The maximum Gasteiger partial charge on any atom is 0.341 e. The zero-order valence-corrected chi connectivity index (χ0v) is 11.3. The van der Waals surface area contributed by atoms with Crippen LogP contribution >= 0.6 is 0 Å². The Kier molecular flexibility index (Phi) is 4.24. The van der Waals surface area contributed by atoms with E-state index in [1.807, 2.05) is 13.8 Å². The lowest BCUT2D eigenvalue weighted by Gasteiger charge is -2.08. The lowest BCUT2D eigenvalue weighted by molar-refractivity contribution is 0.0694. The molecule has 6 nitrogen and oxygen atoms in total. The van der Waals surface area contributed by atoms with Gasteiger partial charge in [-0.2, -0.15) is 4.98 Å². The molecule has 1 heterocycles. The number of aromatic nitrogens is 3. The number of para-hydroxylation sites is 1. The van der Waals surface area contributed by atoms with E-state index in [1.54, 1.807) is 18.2 Å². The monoisotopic (exact) mass is 273 g/mol. The van der Waals surface area contributed by atoms with Gasteiger partial charge in [-0.3, -0.25) is 0 Å². The van der Waals surface area contributed by atoms with Crippen molar-refractivity contribution in [2.75, 3.05) is 0 Å². The average Bonchev–Trinajstić information content (AvgIpc) is 2.47. The third kappa shape index (κ3) is 2.90. The largest absolute Gasteiger partial charge is 0.478 e. The van der Waals surface area contributed by atoms with Crippen molar-refractivity contribution in [2.45, 2.75) is 26.7 Å². The fraction of sp³-hybridized carbons (Fsp3) is 0.286. The first-order chi connectivity index (χ1) is 9.65. The number of aryl methyl sites for hydroxylation is 2. The lowest BCUT2D eigenvalue weighted by atomic mass is 10.2. The van der Waals surface area contributed by atoms with Gasteiger partial charge in [-0.05, 0) is 25.0 Å². The summed E-state index contributed by atoms with van der Waals surface area (Å²) in [6, 6.07) is 6.41. The number of carboxylic acid groups (broad SMARTS) is 1. The number of carbonyl (C=O) groups is 1. The molecule has 0 aliphatic carbocycles. The highest BCUT2D eigenvalue weighted by molar-refractivity contribution is 5.90. The molecule has 0 unspecified atom stereocenters. The van der Waals surface area contributed by atoms with E-state index in [0.29, 0.717) is 0 Å². The van der Waals surface area contributed by atoms with Gasteiger partial charge in [-0.1, -0.05) is 31.1 Å². The minimum absolute atomic E-state index is 0.0627. The predicted octanol–water partition coefficient (Wildman–Crippen LogP) is 2.49. The maximum absolute atomic E-state index is 11.1. The molecule has 0 saturated carbocycles. The van der Waals surface area contributed by atoms with E-state index in [2.05, 4.69) is 15.2 Å². The molecular weight excluding hydrogens is 258 g/mol. The van der Waals surface area contributed by atoms with Crippen LogP contribution in [0.2, 0.25) is 0 Å². The Morgan fingerprint density at radius 3 is 2.50 bits per heavy atom. The van der Waals surface area contributed by atoms with Gasteiger partial charge in [0, 0.05) is 0 Å². The second kappa shape index (κ2) is 6.10. The first kappa shape index (κ1) is 13.9. The minimum Gasteiger partial charge on any atom is -0.478 e. The summed E-state index contributed by atoms with van der Waals surface area (Å²) in [5, 5.41) is 17.0. The molecule has 1 aromatic carbocycles. The first-order valence-electron chi connectivity index (χ1n) is 6.38. The number of carboxylic acids is 1. The molecule has 0 amide bonds. The number of rotatable bonds is 5. The second-order valence-electron chi connectivity index (χ2n) is 4.10. The molecule has 6 heteroatoms. The summed E-state index contributed by atoms with van der Waals surface area (Å²) < 4.78 is 5.45. The Morgan fingerprint density at radius 1 is 1.15 bits per heavy atom. The van der Waals surface area contributed by atoms with Gasteiger partial charge in [0.15, 0.2) is 0 Å². The summed E-state index contributed by atoms with van der Waals surface area (Å²) in [7, 11) is 0. The van der Waals surface area contributed by atoms with Gasteiger partial charge in [-0.25, -0.2) is 4.79 Å². The molecule has 0 fully saturated rings. The van der Waals surface area contributed by atoms with Crippen LogP contribution in [0.4, 0.5) is 0 Å². The number of ether oxygens (including phenoxy) is 1. The maximum atomic E-state index is 11.1. The van der Waals surface area contributed by atoms with Crippen LogP contribution in [0.25, 0.3) is 0 Å². The van der Waals surface area contributed by atoms with Crippen LogP contribution in [-0.2, 0) is 12.8 Å². The first-order valence-corrected chi connectivity index (χ1v) is 6.38. The Bertz CT molecular complexity index is 629. The fourth-order valence-electron chi connectivity index (χ4n) is 1.79. The zero-order chi connectivity index (χ0) is 14.5. The second-order valence-corrected chi connectivity index (χ2v) is 4.10. The van der Waals surface area contributed by atoms with Crippen LogP contribution in [0.15, 0.2) is 24.3 Å². The summed E-state index contributed by atoms with van der Waals surface area (Å²) in [5.74, 6) is -0.859. The van der Waals surface area contributed by atoms with Gasteiger partial charge >= 0.3 is 12.0 Å². The van der Waals surface area contributed by atoms with Crippen molar-refractivity contribution in [3.8, 4) is 11.8 Å².